The lowest BCUT2D eigenvalue weighted by atomic mass is 10.1. The lowest BCUT2D eigenvalue weighted by molar-refractivity contribution is 0.0893. The number of nitrogens with one attached hydrogen (secondary N) is 1. The number of fused-ring (bicyclic) bond motifs is 1. The second-order valence-corrected chi connectivity index (χ2v) is 15.5. The number of pyridine rings is 1. The molecule has 3 heterocycles. The normalized spacial score (nSPS) is 11.9. The molecule has 9 heteroatoms. The number of halogens is 2. The molecule has 0 aliphatic heterocycles. The Morgan fingerprint density at radius 3 is 2.70 bits per heavy atom. The molecule has 0 spiro atoms. The van der Waals surface area contributed by atoms with E-state index in [1.807, 2.05) is 29.0 Å². The summed E-state index contributed by atoms with van der Waals surface area (Å²) in [7, 11) is -1.27. The summed E-state index contributed by atoms with van der Waals surface area (Å²) in [5.41, 5.74) is 9.82. The second-order valence-electron chi connectivity index (χ2n) is 9.13. The Labute approximate surface area is 203 Å². The Morgan fingerprint density at radius 2 is 1.97 bits per heavy atom. The maximum atomic E-state index is 12.5. The van der Waals surface area contributed by atoms with Crippen LogP contribution in [-0.4, -0.2) is 35.1 Å². The van der Waals surface area contributed by atoms with Crippen LogP contribution in [0.2, 0.25) is 35.7 Å². The van der Waals surface area contributed by atoms with Crippen molar-refractivity contribution < 1.29 is 9.53 Å². The molecule has 33 heavy (non-hydrogen) atoms. The van der Waals surface area contributed by atoms with Crippen molar-refractivity contribution >= 4 is 48.2 Å². The van der Waals surface area contributed by atoms with Gasteiger partial charge in [0.05, 0.1) is 27.0 Å². The van der Waals surface area contributed by atoms with Gasteiger partial charge in [-0.2, -0.15) is 0 Å². The third kappa shape index (κ3) is 4.87. The fourth-order valence-electron chi connectivity index (χ4n) is 3.79. The Bertz CT molecular complexity index is 1320. The van der Waals surface area contributed by atoms with Gasteiger partial charge in [0.25, 0.3) is 5.91 Å². The zero-order valence-electron chi connectivity index (χ0n) is 18.8. The number of primary amides is 1. The molecule has 0 aliphatic carbocycles. The summed E-state index contributed by atoms with van der Waals surface area (Å²) in [5.74, 6) is -0.553. The number of aromatic amines is 1. The summed E-state index contributed by atoms with van der Waals surface area (Å²) in [5, 5.41) is 1.68. The van der Waals surface area contributed by atoms with Crippen molar-refractivity contribution in [3.8, 4) is 22.5 Å². The van der Waals surface area contributed by atoms with Crippen molar-refractivity contribution in [1.82, 2.24) is 14.5 Å². The maximum Gasteiger partial charge on any atom is 0.250 e. The van der Waals surface area contributed by atoms with Crippen LogP contribution < -0.4 is 5.73 Å². The Balaban J connectivity index is 1.92. The summed E-state index contributed by atoms with van der Waals surface area (Å²) >= 11 is 12.9. The molecule has 0 saturated carbocycles. The van der Waals surface area contributed by atoms with Crippen LogP contribution in [-0.2, 0) is 11.5 Å². The Kier molecular flexibility index (Phi) is 6.68. The van der Waals surface area contributed by atoms with Gasteiger partial charge in [-0.05, 0) is 30.3 Å². The SMILES string of the molecule is C[Si](C)(C)CCOCn1c(-c2ccnc3[nH]ccc23)cc(C(N)=O)c1-c1cccc(Cl)c1Cl. The standard InChI is InChI=1S/C24H26Cl2N4O2Si/c1-33(2,3)12-11-32-14-30-20(15-7-9-28-24-16(15)8-10-29-24)13-18(23(27)31)22(30)17-5-4-6-19(25)21(17)26/h4-10,13H,11-12,14H2,1-3H3,(H2,27,31)(H,28,29). The molecule has 1 aromatic carbocycles. The monoisotopic (exact) mass is 500 g/mol. The first kappa shape index (κ1) is 23.6. The number of hydrogen-bond donors (Lipinski definition) is 2. The Hall–Kier alpha value is -2.58. The number of nitrogens with zero attached hydrogens (tertiary/aromatic N) is 2. The van der Waals surface area contributed by atoms with Crippen LogP contribution in [0.25, 0.3) is 33.5 Å². The molecular formula is C24H26Cl2N4O2Si. The van der Waals surface area contributed by atoms with Crippen molar-refractivity contribution in [3.05, 3.63) is 64.4 Å². The number of rotatable bonds is 8. The molecule has 0 fully saturated rings. The van der Waals surface area contributed by atoms with Crippen LogP contribution in [0.5, 0.6) is 0 Å². The highest BCUT2D eigenvalue weighted by molar-refractivity contribution is 6.76. The minimum Gasteiger partial charge on any atom is -0.366 e. The molecule has 4 rings (SSSR count). The van der Waals surface area contributed by atoms with Gasteiger partial charge in [-0.15, -0.1) is 0 Å². The number of carbonyl (C=O) groups is 1. The Morgan fingerprint density at radius 1 is 1.18 bits per heavy atom. The first-order chi connectivity index (χ1) is 15.7. The molecule has 0 unspecified atom stereocenters. The molecule has 0 bridgehead atoms. The van der Waals surface area contributed by atoms with E-state index in [2.05, 4.69) is 29.6 Å². The topological polar surface area (TPSA) is 85.9 Å². The van der Waals surface area contributed by atoms with Gasteiger partial charge in [-0.3, -0.25) is 4.79 Å². The third-order valence-electron chi connectivity index (χ3n) is 5.52. The first-order valence-electron chi connectivity index (χ1n) is 10.7. The predicted molar refractivity (Wildman–Crippen MR) is 138 cm³/mol. The molecular weight excluding hydrogens is 475 g/mol. The summed E-state index contributed by atoms with van der Waals surface area (Å²) in [4.78, 5) is 20.1. The predicted octanol–water partition coefficient (Wildman–Crippen LogP) is 6.42. The van der Waals surface area contributed by atoms with E-state index in [-0.39, 0.29) is 6.73 Å². The number of ether oxygens (including phenoxy) is 1. The molecule has 0 atom stereocenters. The van der Waals surface area contributed by atoms with Crippen LogP contribution in [0.4, 0.5) is 0 Å². The number of benzene rings is 1. The average molecular weight is 501 g/mol. The van der Waals surface area contributed by atoms with E-state index < -0.39 is 14.0 Å². The smallest absolute Gasteiger partial charge is 0.250 e. The molecule has 6 nitrogen and oxygen atoms in total. The van der Waals surface area contributed by atoms with Gasteiger partial charge in [-0.1, -0.05) is 55.0 Å². The number of aromatic nitrogens is 3. The van der Waals surface area contributed by atoms with Gasteiger partial charge in [-0.25, -0.2) is 4.98 Å². The van der Waals surface area contributed by atoms with E-state index in [0.717, 1.165) is 28.3 Å². The highest BCUT2D eigenvalue weighted by atomic mass is 35.5. The summed E-state index contributed by atoms with van der Waals surface area (Å²) in [6.07, 6.45) is 3.57. The number of H-pyrrole nitrogens is 1. The zero-order valence-corrected chi connectivity index (χ0v) is 21.3. The van der Waals surface area contributed by atoms with E-state index in [0.29, 0.717) is 33.5 Å². The number of carbonyl (C=O) groups excluding carboxylic acids is 1. The minimum atomic E-state index is -1.27. The molecule has 1 amide bonds. The van der Waals surface area contributed by atoms with E-state index in [9.17, 15) is 4.79 Å². The van der Waals surface area contributed by atoms with Gasteiger partial charge < -0.3 is 20.0 Å². The van der Waals surface area contributed by atoms with Gasteiger partial charge >= 0.3 is 0 Å². The van der Waals surface area contributed by atoms with E-state index in [1.165, 1.54) is 0 Å². The number of nitrogens with two attached hydrogens (primary N) is 1. The average Bonchev–Trinajstić information content (AvgIpc) is 3.37. The summed E-state index contributed by atoms with van der Waals surface area (Å²) in [6.45, 7) is 7.77. The molecule has 3 aromatic heterocycles. The van der Waals surface area contributed by atoms with Gasteiger partial charge in [0.1, 0.15) is 12.4 Å². The third-order valence-corrected chi connectivity index (χ3v) is 8.05. The first-order valence-corrected chi connectivity index (χ1v) is 15.1. The highest BCUT2D eigenvalue weighted by Crippen LogP contribution is 2.40. The van der Waals surface area contributed by atoms with Crippen LogP contribution in [0, 0.1) is 0 Å². The largest absolute Gasteiger partial charge is 0.366 e. The van der Waals surface area contributed by atoms with Gasteiger partial charge in [0, 0.05) is 43.6 Å². The number of amides is 1. The fourth-order valence-corrected chi connectivity index (χ4v) is 4.94. The van der Waals surface area contributed by atoms with Crippen LogP contribution in [0.1, 0.15) is 10.4 Å². The maximum absolute atomic E-state index is 12.5. The zero-order chi connectivity index (χ0) is 23.8. The quantitative estimate of drug-likeness (QED) is 0.216. The van der Waals surface area contributed by atoms with Crippen molar-refractivity contribution in [2.45, 2.75) is 32.4 Å². The summed E-state index contributed by atoms with van der Waals surface area (Å²) in [6, 6.07) is 12.0. The minimum absolute atomic E-state index is 0.236. The lowest BCUT2D eigenvalue weighted by Gasteiger charge is -2.19. The lowest BCUT2D eigenvalue weighted by Crippen LogP contribution is -2.22. The van der Waals surface area contributed by atoms with Crippen molar-refractivity contribution in [1.29, 1.82) is 0 Å². The van der Waals surface area contributed by atoms with Crippen molar-refractivity contribution in [2.24, 2.45) is 5.73 Å². The van der Waals surface area contributed by atoms with E-state index in [4.69, 9.17) is 33.7 Å². The molecule has 172 valence electrons. The highest BCUT2D eigenvalue weighted by Gasteiger charge is 2.25. The second kappa shape index (κ2) is 9.35. The van der Waals surface area contributed by atoms with Crippen LogP contribution in [0.15, 0.2) is 48.8 Å². The summed E-state index contributed by atoms with van der Waals surface area (Å²) < 4.78 is 8.07. The molecule has 0 saturated heterocycles. The van der Waals surface area contributed by atoms with E-state index in [1.54, 1.807) is 24.4 Å². The molecule has 4 aromatic rings. The van der Waals surface area contributed by atoms with E-state index >= 15 is 0 Å². The number of hydrogen-bond acceptors (Lipinski definition) is 3. The van der Waals surface area contributed by atoms with Crippen LogP contribution in [0.3, 0.4) is 0 Å². The van der Waals surface area contributed by atoms with Gasteiger partial charge in [0.15, 0.2) is 0 Å². The molecule has 0 aliphatic rings. The molecule has 3 N–H and O–H groups in total. The van der Waals surface area contributed by atoms with Crippen molar-refractivity contribution in [3.63, 3.8) is 0 Å². The van der Waals surface area contributed by atoms with Crippen LogP contribution >= 0.6 is 23.2 Å². The fraction of sp³-hybridized carbons (Fsp3) is 0.250. The van der Waals surface area contributed by atoms with Crippen molar-refractivity contribution in [2.75, 3.05) is 6.61 Å². The van der Waals surface area contributed by atoms with Gasteiger partial charge in [0.2, 0.25) is 0 Å². The molecule has 0 radical (unpaired) electrons.